The molecule has 0 aliphatic carbocycles. The molecule has 2 aromatic rings. The summed E-state index contributed by atoms with van der Waals surface area (Å²) in [6.45, 7) is 0.375. The first kappa shape index (κ1) is 15.2. The van der Waals surface area contributed by atoms with Crippen LogP contribution in [0.1, 0.15) is 11.7 Å². The van der Waals surface area contributed by atoms with Crippen LogP contribution in [0.2, 0.25) is 5.02 Å². The van der Waals surface area contributed by atoms with E-state index in [1.165, 1.54) is 0 Å². The minimum Gasteiger partial charge on any atom is -0.497 e. The molecule has 1 atom stereocenters. The van der Waals surface area contributed by atoms with Gasteiger partial charge >= 0.3 is 0 Å². The van der Waals surface area contributed by atoms with Gasteiger partial charge in [0.25, 0.3) is 0 Å². The Morgan fingerprint density at radius 3 is 2.45 bits per heavy atom. The van der Waals surface area contributed by atoms with Gasteiger partial charge in [-0.05, 0) is 51.8 Å². The lowest BCUT2D eigenvalue weighted by Gasteiger charge is -2.19. The molecule has 0 saturated heterocycles. The van der Waals surface area contributed by atoms with Crippen LogP contribution in [0.15, 0.2) is 46.9 Å². The number of halogens is 2. The Balaban J connectivity index is 2.20. The first-order valence-corrected chi connectivity index (χ1v) is 7.27. The Kier molecular flexibility index (Phi) is 5.29. The molecule has 0 spiro atoms. The third-order valence-corrected chi connectivity index (χ3v) is 3.74. The quantitative estimate of drug-likeness (QED) is 0.873. The maximum Gasteiger partial charge on any atom is 0.136 e. The average Bonchev–Trinajstić information content (AvgIpc) is 2.47. The van der Waals surface area contributed by atoms with E-state index < -0.39 is 0 Å². The van der Waals surface area contributed by atoms with E-state index in [4.69, 9.17) is 26.8 Å². The minimum absolute atomic E-state index is 0.225. The molecule has 0 bridgehead atoms. The van der Waals surface area contributed by atoms with E-state index in [2.05, 4.69) is 15.9 Å². The van der Waals surface area contributed by atoms with Crippen molar-refractivity contribution in [2.75, 3.05) is 13.7 Å². The van der Waals surface area contributed by atoms with Crippen LogP contribution in [0.3, 0.4) is 0 Å². The maximum atomic E-state index is 5.95. The van der Waals surface area contributed by atoms with E-state index in [9.17, 15) is 0 Å². The molecule has 0 heterocycles. The van der Waals surface area contributed by atoms with E-state index in [0.29, 0.717) is 11.6 Å². The molecule has 2 aromatic carbocycles. The second-order valence-electron chi connectivity index (χ2n) is 4.19. The number of benzene rings is 2. The van der Waals surface area contributed by atoms with Crippen LogP contribution >= 0.6 is 27.5 Å². The number of ether oxygens (including phenoxy) is 2. The summed E-state index contributed by atoms with van der Waals surface area (Å²) in [7, 11) is 1.62. The third kappa shape index (κ3) is 3.66. The Morgan fingerprint density at radius 1 is 1.20 bits per heavy atom. The fourth-order valence-corrected chi connectivity index (χ4v) is 2.36. The molecular formula is C15H15BrClNO2. The average molecular weight is 357 g/mol. The highest BCUT2D eigenvalue weighted by atomic mass is 79.9. The Morgan fingerprint density at radius 2 is 1.90 bits per heavy atom. The number of hydrogen-bond donors (Lipinski definition) is 1. The minimum atomic E-state index is -0.225. The molecule has 2 N–H and O–H groups in total. The van der Waals surface area contributed by atoms with Gasteiger partial charge < -0.3 is 15.2 Å². The first-order chi connectivity index (χ1) is 9.63. The van der Waals surface area contributed by atoms with Gasteiger partial charge in [0.2, 0.25) is 0 Å². The lowest BCUT2D eigenvalue weighted by molar-refractivity contribution is 0.212. The maximum absolute atomic E-state index is 5.95. The molecule has 0 aromatic heterocycles. The number of rotatable bonds is 5. The van der Waals surface area contributed by atoms with Crippen LogP contribution < -0.4 is 15.2 Å². The van der Waals surface area contributed by atoms with Gasteiger partial charge in [0.1, 0.15) is 17.6 Å². The van der Waals surface area contributed by atoms with Gasteiger partial charge in [-0.25, -0.2) is 0 Å². The molecule has 0 aliphatic rings. The van der Waals surface area contributed by atoms with E-state index in [0.717, 1.165) is 21.5 Å². The summed E-state index contributed by atoms with van der Waals surface area (Å²) in [6, 6.07) is 13.0. The molecule has 20 heavy (non-hydrogen) atoms. The highest BCUT2D eigenvalue weighted by Gasteiger charge is 2.13. The van der Waals surface area contributed by atoms with Gasteiger partial charge in [-0.3, -0.25) is 0 Å². The molecule has 0 saturated carbocycles. The zero-order chi connectivity index (χ0) is 14.5. The van der Waals surface area contributed by atoms with Crippen LogP contribution in [-0.2, 0) is 0 Å². The van der Waals surface area contributed by atoms with Crippen molar-refractivity contribution in [1.82, 2.24) is 0 Å². The number of nitrogens with two attached hydrogens (primary N) is 1. The molecule has 0 fully saturated rings. The summed E-state index contributed by atoms with van der Waals surface area (Å²) in [5, 5.41) is 0.690. The summed E-state index contributed by atoms with van der Waals surface area (Å²) in [5.41, 5.74) is 6.78. The summed E-state index contributed by atoms with van der Waals surface area (Å²) >= 11 is 9.35. The first-order valence-electron chi connectivity index (χ1n) is 6.09. The zero-order valence-corrected chi connectivity index (χ0v) is 13.3. The zero-order valence-electron chi connectivity index (χ0n) is 11.0. The topological polar surface area (TPSA) is 44.5 Å². The van der Waals surface area contributed by atoms with E-state index in [-0.39, 0.29) is 6.10 Å². The smallest absolute Gasteiger partial charge is 0.136 e. The molecule has 0 amide bonds. The van der Waals surface area contributed by atoms with E-state index in [1.807, 2.05) is 42.5 Å². The van der Waals surface area contributed by atoms with Crippen molar-refractivity contribution in [2.45, 2.75) is 6.10 Å². The molecule has 0 radical (unpaired) electrons. The second-order valence-corrected chi connectivity index (χ2v) is 5.48. The van der Waals surface area contributed by atoms with Crippen LogP contribution in [0.5, 0.6) is 11.5 Å². The second kappa shape index (κ2) is 6.97. The number of hydrogen-bond acceptors (Lipinski definition) is 3. The van der Waals surface area contributed by atoms with Gasteiger partial charge in [0, 0.05) is 11.6 Å². The fraction of sp³-hybridized carbons (Fsp3) is 0.200. The lowest BCUT2D eigenvalue weighted by atomic mass is 10.1. The van der Waals surface area contributed by atoms with Crippen LogP contribution in [0.4, 0.5) is 0 Å². The van der Waals surface area contributed by atoms with Crippen molar-refractivity contribution >= 4 is 27.5 Å². The van der Waals surface area contributed by atoms with Crippen LogP contribution in [-0.4, -0.2) is 13.7 Å². The standard InChI is InChI=1S/C15H15BrClNO2/c1-19-12-6-7-14(13(16)8-12)20-15(9-18)10-2-4-11(17)5-3-10/h2-8,15H,9,18H2,1H3. The normalized spacial score (nSPS) is 12.0. The van der Waals surface area contributed by atoms with Gasteiger partial charge in [0.15, 0.2) is 0 Å². The van der Waals surface area contributed by atoms with E-state index in [1.54, 1.807) is 7.11 Å². The van der Waals surface area contributed by atoms with Gasteiger partial charge in [-0.2, -0.15) is 0 Å². The predicted octanol–water partition coefficient (Wildman–Crippen LogP) is 4.19. The van der Waals surface area contributed by atoms with Crippen molar-refractivity contribution in [1.29, 1.82) is 0 Å². The molecule has 3 nitrogen and oxygen atoms in total. The largest absolute Gasteiger partial charge is 0.497 e. The van der Waals surface area contributed by atoms with Crippen LogP contribution in [0.25, 0.3) is 0 Å². The molecule has 2 rings (SSSR count). The van der Waals surface area contributed by atoms with Crippen molar-refractivity contribution in [3.8, 4) is 11.5 Å². The van der Waals surface area contributed by atoms with Gasteiger partial charge in [0.05, 0.1) is 11.6 Å². The summed E-state index contributed by atoms with van der Waals surface area (Å²) in [5.74, 6) is 1.48. The SMILES string of the molecule is COc1ccc(OC(CN)c2ccc(Cl)cc2)c(Br)c1. The Bertz CT molecular complexity index is 575. The van der Waals surface area contributed by atoms with Gasteiger partial charge in [-0.15, -0.1) is 0 Å². The Hall–Kier alpha value is -1.23. The molecular weight excluding hydrogens is 342 g/mol. The Labute approximate surface area is 131 Å². The predicted molar refractivity (Wildman–Crippen MR) is 84.6 cm³/mol. The molecule has 5 heteroatoms. The highest BCUT2D eigenvalue weighted by Crippen LogP contribution is 2.32. The van der Waals surface area contributed by atoms with E-state index >= 15 is 0 Å². The highest BCUT2D eigenvalue weighted by molar-refractivity contribution is 9.10. The van der Waals surface area contributed by atoms with Gasteiger partial charge in [-0.1, -0.05) is 23.7 Å². The van der Waals surface area contributed by atoms with Crippen molar-refractivity contribution in [3.63, 3.8) is 0 Å². The molecule has 0 aliphatic heterocycles. The molecule has 1 unspecified atom stereocenters. The van der Waals surface area contributed by atoms with Crippen molar-refractivity contribution in [2.24, 2.45) is 5.73 Å². The number of methoxy groups -OCH3 is 1. The molecule has 106 valence electrons. The van der Waals surface area contributed by atoms with Crippen LogP contribution in [0, 0.1) is 0 Å². The third-order valence-electron chi connectivity index (χ3n) is 2.86. The summed E-state index contributed by atoms with van der Waals surface area (Å²) < 4.78 is 11.9. The summed E-state index contributed by atoms with van der Waals surface area (Å²) in [6.07, 6.45) is -0.225. The van der Waals surface area contributed by atoms with Crippen molar-refractivity contribution < 1.29 is 9.47 Å². The lowest BCUT2D eigenvalue weighted by Crippen LogP contribution is -2.18. The summed E-state index contributed by atoms with van der Waals surface area (Å²) in [4.78, 5) is 0. The van der Waals surface area contributed by atoms with Crippen molar-refractivity contribution in [3.05, 3.63) is 57.5 Å². The monoisotopic (exact) mass is 355 g/mol. The fourth-order valence-electron chi connectivity index (χ4n) is 1.79.